The first-order valence-electron chi connectivity index (χ1n) is 8.06. The number of rotatable bonds is 5. The molecule has 0 unspecified atom stereocenters. The summed E-state index contributed by atoms with van der Waals surface area (Å²) in [5.74, 6) is 0.713. The number of nitrogens with zero attached hydrogens (tertiary/aromatic N) is 2. The standard InChI is InChI=1S/C19H15F2N3O2/c1-25-16-8-11(6-7-15(16)26-18(20)21)12-9-19(12,10-22)17-23-13-4-2-3-5-14(13)24-17/h2-8,12,18H,9H2,1H3,(H,23,24)/t12-,19-/m0/s1. The van der Waals surface area contributed by atoms with E-state index in [-0.39, 0.29) is 17.4 Å². The molecule has 0 saturated heterocycles. The molecule has 132 valence electrons. The van der Waals surface area contributed by atoms with Crippen molar-refractivity contribution in [3.8, 4) is 17.6 Å². The molecule has 1 aromatic heterocycles. The van der Waals surface area contributed by atoms with E-state index in [1.54, 1.807) is 12.1 Å². The molecular weight excluding hydrogens is 340 g/mol. The number of ether oxygens (including phenoxy) is 2. The van der Waals surface area contributed by atoms with Gasteiger partial charge in [0.15, 0.2) is 11.5 Å². The molecule has 1 aliphatic rings. The Morgan fingerprint density at radius 1 is 1.27 bits per heavy atom. The van der Waals surface area contributed by atoms with E-state index in [4.69, 9.17) is 4.74 Å². The summed E-state index contributed by atoms with van der Waals surface area (Å²) in [6.07, 6.45) is 0.599. The van der Waals surface area contributed by atoms with Crippen LogP contribution < -0.4 is 9.47 Å². The van der Waals surface area contributed by atoms with Crippen molar-refractivity contribution in [2.24, 2.45) is 0 Å². The van der Waals surface area contributed by atoms with Gasteiger partial charge in [0, 0.05) is 5.92 Å². The Balaban J connectivity index is 1.68. The van der Waals surface area contributed by atoms with E-state index in [1.165, 1.54) is 13.2 Å². The number of nitrogens with one attached hydrogen (secondary N) is 1. The number of fused-ring (bicyclic) bond motifs is 1. The number of imidazole rings is 1. The first-order chi connectivity index (χ1) is 12.6. The monoisotopic (exact) mass is 355 g/mol. The molecular formula is C19H15F2N3O2. The van der Waals surface area contributed by atoms with Gasteiger partial charge in [0.1, 0.15) is 11.2 Å². The first-order valence-corrected chi connectivity index (χ1v) is 8.06. The van der Waals surface area contributed by atoms with Crippen molar-refractivity contribution in [1.29, 1.82) is 5.26 Å². The lowest BCUT2D eigenvalue weighted by atomic mass is 9.99. The van der Waals surface area contributed by atoms with Gasteiger partial charge < -0.3 is 14.5 Å². The fourth-order valence-electron chi connectivity index (χ4n) is 3.36. The van der Waals surface area contributed by atoms with Crippen molar-refractivity contribution < 1.29 is 18.3 Å². The highest BCUT2D eigenvalue weighted by Gasteiger charge is 2.59. The zero-order valence-electron chi connectivity index (χ0n) is 13.9. The number of alkyl halides is 2. The third kappa shape index (κ3) is 2.54. The number of H-pyrrole nitrogens is 1. The van der Waals surface area contributed by atoms with Gasteiger partial charge in [-0.15, -0.1) is 0 Å². The Morgan fingerprint density at radius 3 is 2.77 bits per heavy atom. The van der Waals surface area contributed by atoms with E-state index >= 15 is 0 Å². The Morgan fingerprint density at radius 2 is 2.08 bits per heavy atom. The van der Waals surface area contributed by atoms with Crippen LogP contribution >= 0.6 is 0 Å². The highest BCUT2D eigenvalue weighted by Crippen LogP contribution is 2.60. The Bertz CT molecular complexity index is 978. The number of nitriles is 1. The van der Waals surface area contributed by atoms with Crippen LogP contribution in [0.3, 0.4) is 0 Å². The highest BCUT2D eigenvalue weighted by atomic mass is 19.3. The molecule has 1 fully saturated rings. The normalized spacial score (nSPS) is 21.6. The van der Waals surface area contributed by atoms with Crippen LogP contribution in [0.15, 0.2) is 42.5 Å². The molecule has 0 bridgehead atoms. The van der Waals surface area contributed by atoms with Crippen molar-refractivity contribution in [1.82, 2.24) is 9.97 Å². The van der Waals surface area contributed by atoms with Crippen LogP contribution in [0.5, 0.6) is 11.5 Å². The maximum Gasteiger partial charge on any atom is 0.387 e. The summed E-state index contributed by atoms with van der Waals surface area (Å²) in [5.41, 5.74) is 1.75. The van der Waals surface area contributed by atoms with E-state index in [0.717, 1.165) is 16.6 Å². The summed E-state index contributed by atoms with van der Waals surface area (Å²) in [6, 6.07) is 14.7. The maximum atomic E-state index is 12.5. The lowest BCUT2D eigenvalue weighted by Gasteiger charge is -2.12. The first kappa shape index (κ1) is 16.3. The molecule has 3 aromatic rings. The average molecular weight is 355 g/mol. The van der Waals surface area contributed by atoms with Gasteiger partial charge in [-0.25, -0.2) is 4.98 Å². The van der Waals surface area contributed by atoms with Crippen LogP contribution in [0.25, 0.3) is 11.0 Å². The summed E-state index contributed by atoms with van der Waals surface area (Å²) in [7, 11) is 1.39. The van der Waals surface area contributed by atoms with Gasteiger partial charge in [-0.1, -0.05) is 18.2 Å². The molecule has 0 aliphatic heterocycles. The van der Waals surface area contributed by atoms with Crippen LogP contribution in [-0.4, -0.2) is 23.7 Å². The van der Waals surface area contributed by atoms with E-state index in [9.17, 15) is 14.0 Å². The molecule has 7 heteroatoms. The minimum Gasteiger partial charge on any atom is -0.493 e. The number of halogens is 2. The van der Waals surface area contributed by atoms with Gasteiger partial charge >= 0.3 is 6.61 Å². The molecule has 1 heterocycles. The molecule has 1 aliphatic carbocycles. The predicted molar refractivity (Wildman–Crippen MR) is 90.4 cm³/mol. The Labute approximate surface area is 148 Å². The van der Waals surface area contributed by atoms with Gasteiger partial charge in [-0.05, 0) is 36.2 Å². The molecule has 0 spiro atoms. The van der Waals surface area contributed by atoms with Crippen molar-refractivity contribution in [2.45, 2.75) is 24.4 Å². The van der Waals surface area contributed by atoms with E-state index in [1.807, 2.05) is 24.3 Å². The van der Waals surface area contributed by atoms with Gasteiger partial charge in [-0.2, -0.15) is 14.0 Å². The van der Waals surface area contributed by atoms with Gasteiger partial charge in [-0.3, -0.25) is 0 Å². The second-order valence-electron chi connectivity index (χ2n) is 6.23. The fraction of sp³-hybridized carbons (Fsp3) is 0.263. The van der Waals surface area contributed by atoms with E-state index in [0.29, 0.717) is 12.2 Å². The number of aromatic amines is 1. The Hall–Kier alpha value is -3.14. The van der Waals surface area contributed by atoms with Crippen LogP contribution in [0.1, 0.15) is 23.7 Å². The maximum absolute atomic E-state index is 12.5. The average Bonchev–Trinajstić information content (AvgIpc) is 3.23. The van der Waals surface area contributed by atoms with Gasteiger partial charge in [0.2, 0.25) is 0 Å². The van der Waals surface area contributed by atoms with Gasteiger partial charge in [0.05, 0.1) is 24.2 Å². The lowest BCUT2D eigenvalue weighted by molar-refractivity contribution is -0.0512. The van der Waals surface area contributed by atoms with Crippen LogP contribution in [0.2, 0.25) is 0 Å². The quantitative estimate of drug-likeness (QED) is 0.747. The SMILES string of the molecule is COc1cc([C@@H]2C[C@@]2(C#N)c2nc3ccccc3[nH]2)ccc1OC(F)F. The zero-order chi connectivity index (χ0) is 18.3. The minimum atomic E-state index is -2.93. The third-order valence-electron chi connectivity index (χ3n) is 4.78. The van der Waals surface area contributed by atoms with Crippen molar-refractivity contribution in [2.75, 3.05) is 7.11 Å². The molecule has 2 aromatic carbocycles. The third-order valence-corrected chi connectivity index (χ3v) is 4.78. The lowest BCUT2D eigenvalue weighted by Crippen LogP contribution is -2.09. The number of methoxy groups -OCH3 is 1. The summed E-state index contributed by atoms with van der Waals surface area (Å²) < 4.78 is 34.6. The fourth-order valence-corrected chi connectivity index (χ4v) is 3.36. The van der Waals surface area contributed by atoms with Crippen molar-refractivity contribution >= 4 is 11.0 Å². The molecule has 0 amide bonds. The second kappa shape index (κ2) is 5.99. The number of hydrogen-bond donors (Lipinski definition) is 1. The molecule has 26 heavy (non-hydrogen) atoms. The summed E-state index contributed by atoms with van der Waals surface area (Å²) >= 11 is 0. The second-order valence-corrected chi connectivity index (χ2v) is 6.23. The molecule has 4 rings (SSSR count). The van der Waals surface area contributed by atoms with Crippen LogP contribution in [0, 0.1) is 11.3 Å². The number of hydrogen-bond acceptors (Lipinski definition) is 4. The summed E-state index contributed by atoms with van der Waals surface area (Å²) in [5, 5.41) is 9.80. The van der Waals surface area contributed by atoms with Crippen molar-refractivity contribution in [3.63, 3.8) is 0 Å². The predicted octanol–water partition coefficient (Wildman–Crippen LogP) is 4.12. The van der Waals surface area contributed by atoms with Crippen LogP contribution in [-0.2, 0) is 5.41 Å². The summed E-state index contributed by atoms with van der Waals surface area (Å²) in [6.45, 7) is -2.93. The smallest absolute Gasteiger partial charge is 0.387 e. The number of para-hydroxylation sites is 2. The molecule has 5 nitrogen and oxygen atoms in total. The number of benzene rings is 2. The minimum absolute atomic E-state index is 0.0294. The molecule has 1 N–H and O–H groups in total. The zero-order valence-corrected chi connectivity index (χ0v) is 13.9. The van der Waals surface area contributed by atoms with E-state index in [2.05, 4.69) is 20.8 Å². The Kier molecular flexibility index (Phi) is 3.76. The molecule has 2 atom stereocenters. The van der Waals surface area contributed by atoms with Crippen LogP contribution in [0.4, 0.5) is 8.78 Å². The van der Waals surface area contributed by atoms with Gasteiger partial charge in [0.25, 0.3) is 0 Å². The molecule has 0 radical (unpaired) electrons. The topological polar surface area (TPSA) is 70.9 Å². The van der Waals surface area contributed by atoms with Crippen molar-refractivity contribution in [3.05, 3.63) is 53.9 Å². The highest BCUT2D eigenvalue weighted by molar-refractivity contribution is 5.75. The van der Waals surface area contributed by atoms with E-state index < -0.39 is 12.0 Å². The largest absolute Gasteiger partial charge is 0.493 e. The molecule has 1 saturated carbocycles. The number of aromatic nitrogens is 2. The summed E-state index contributed by atoms with van der Waals surface area (Å²) in [4.78, 5) is 7.79.